The van der Waals surface area contributed by atoms with Crippen LogP contribution in [0.3, 0.4) is 0 Å². The van der Waals surface area contributed by atoms with Crippen molar-refractivity contribution in [1.29, 1.82) is 0 Å². The lowest BCUT2D eigenvalue weighted by Crippen LogP contribution is -2.35. The first-order chi connectivity index (χ1) is 8.10. The molecule has 0 radical (unpaired) electrons. The van der Waals surface area contributed by atoms with Gasteiger partial charge in [-0.2, -0.15) is 0 Å². The van der Waals surface area contributed by atoms with Crippen LogP contribution in [0.15, 0.2) is 0 Å². The van der Waals surface area contributed by atoms with Crippen molar-refractivity contribution in [2.75, 3.05) is 13.1 Å². The molecule has 0 aromatic heterocycles. The van der Waals surface area contributed by atoms with Gasteiger partial charge in [0.25, 0.3) is 0 Å². The van der Waals surface area contributed by atoms with Crippen LogP contribution in [0.5, 0.6) is 0 Å². The first-order valence-electron chi connectivity index (χ1n) is 7.06. The van der Waals surface area contributed by atoms with Gasteiger partial charge in [-0.1, -0.05) is 26.7 Å². The molecule has 1 saturated heterocycles. The number of carbonyl (C=O) groups excluding carboxylic acids is 1. The smallest absolute Gasteiger partial charge is 0.225 e. The predicted octanol–water partition coefficient (Wildman–Crippen LogP) is 2.43. The third-order valence-electron chi connectivity index (χ3n) is 3.84. The zero-order valence-corrected chi connectivity index (χ0v) is 11.5. The highest BCUT2D eigenvalue weighted by atomic mass is 16.3. The highest BCUT2D eigenvalue weighted by molar-refractivity contribution is 5.79. The van der Waals surface area contributed by atoms with Crippen molar-refractivity contribution >= 4 is 5.91 Å². The standard InChI is InChI=1S/C14H27NO2/c1-4-6-12(7-5-2)14(17)15-9-8-13(10-15)11(3)16/h11-13,16H,4-10H2,1-3H3. The van der Waals surface area contributed by atoms with Gasteiger partial charge >= 0.3 is 0 Å². The van der Waals surface area contributed by atoms with Crippen molar-refractivity contribution in [3.63, 3.8) is 0 Å². The summed E-state index contributed by atoms with van der Waals surface area (Å²) in [7, 11) is 0. The molecule has 3 nitrogen and oxygen atoms in total. The monoisotopic (exact) mass is 241 g/mol. The van der Waals surface area contributed by atoms with Crippen LogP contribution in [0, 0.1) is 11.8 Å². The average molecular weight is 241 g/mol. The van der Waals surface area contributed by atoms with Crippen molar-refractivity contribution in [3.05, 3.63) is 0 Å². The topological polar surface area (TPSA) is 40.5 Å². The van der Waals surface area contributed by atoms with Gasteiger partial charge in [0.2, 0.25) is 5.91 Å². The van der Waals surface area contributed by atoms with Crippen LogP contribution >= 0.6 is 0 Å². The Labute approximate surface area is 105 Å². The number of nitrogens with zero attached hydrogens (tertiary/aromatic N) is 1. The van der Waals surface area contributed by atoms with E-state index < -0.39 is 0 Å². The third-order valence-corrected chi connectivity index (χ3v) is 3.84. The quantitative estimate of drug-likeness (QED) is 0.776. The normalized spacial score (nSPS) is 22.2. The summed E-state index contributed by atoms with van der Waals surface area (Å²) in [6.07, 6.45) is 4.82. The highest BCUT2D eigenvalue weighted by Crippen LogP contribution is 2.24. The fraction of sp³-hybridized carbons (Fsp3) is 0.929. The minimum absolute atomic E-state index is 0.206. The van der Waals surface area contributed by atoms with Gasteiger partial charge < -0.3 is 10.0 Å². The molecule has 17 heavy (non-hydrogen) atoms. The number of hydrogen-bond donors (Lipinski definition) is 1. The Morgan fingerprint density at radius 1 is 1.35 bits per heavy atom. The number of aliphatic hydroxyl groups excluding tert-OH is 1. The van der Waals surface area contributed by atoms with E-state index in [-0.39, 0.29) is 17.9 Å². The first-order valence-corrected chi connectivity index (χ1v) is 7.06. The zero-order chi connectivity index (χ0) is 12.8. The molecule has 1 aliphatic heterocycles. The largest absolute Gasteiger partial charge is 0.393 e. The lowest BCUT2D eigenvalue weighted by Gasteiger charge is -2.23. The van der Waals surface area contributed by atoms with Crippen molar-refractivity contribution in [2.24, 2.45) is 11.8 Å². The summed E-state index contributed by atoms with van der Waals surface area (Å²) in [5.74, 6) is 0.803. The maximum absolute atomic E-state index is 12.3. The Hall–Kier alpha value is -0.570. The molecule has 3 heteroatoms. The second-order valence-electron chi connectivity index (χ2n) is 5.35. The minimum Gasteiger partial charge on any atom is -0.393 e. The van der Waals surface area contributed by atoms with Crippen LogP contribution in [-0.4, -0.2) is 35.1 Å². The number of aliphatic hydroxyl groups is 1. The molecule has 0 saturated carbocycles. The van der Waals surface area contributed by atoms with Crippen molar-refractivity contribution < 1.29 is 9.90 Å². The third kappa shape index (κ3) is 3.98. The summed E-state index contributed by atoms with van der Waals surface area (Å²) in [4.78, 5) is 14.3. The molecule has 2 unspecified atom stereocenters. The maximum Gasteiger partial charge on any atom is 0.225 e. The van der Waals surface area contributed by atoms with Crippen LogP contribution in [0.4, 0.5) is 0 Å². The molecule has 1 aliphatic rings. The van der Waals surface area contributed by atoms with Crippen LogP contribution in [0.2, 0.25) is 0 Å². The van der Waals surface area contributed by atoms with E-state index in [1.165, 1.54) is 0 Å². The van der Waals surface area contributed by atoms with Gasteiger partial charge in [-0.15, -0.1) is 0 Å². The molecule has 1 rings (SSSR count). The minimum atomic E-state index is -0.288. The average Bonchev–Trinajstić information content (AvgIpc) is 2.77. The Kier molecular flexibility index (Phi) is 5.96. The summed E-state index contributed by atoms with van der Waals surface area (Å²) < 4.78 is 0. The van der Waals surface area contributed by atoms with Crippen molar-refractivity contribution in [1.82, 2.24) is 4.90 Å². The molecule has 1 fully saturated rings. The first kappa shape index (κ1) is 14.5. The summed E-state index contributed by atoms with van der Waals surface area (Å²) in [5.41, 5.74) is 0. The SMILES string of the molecule is CCCC(CCC)C(=O)N1CCC(C(C)O)C1. The van der Waals surface area contributed by atoms with E-state index in [0.29, 0.717) is 5.91 Å². The van der Waals surface area contributed by atoms with Gasteiger partial charge in [0.1, 0.15) is 0 Å². The molecule has 0 aromatic carbocycles. The van der Waals surface area contributed by atoms with Crippen LogP contribution in [0.25, 0.3) is 0 Å². The second kappa shape index (κ2) is 7.00. The molecule has 1 amide bonds. The lowest BCUT2D eigenvalue weighted by atomic mass is 9.97. The summed E-state index contributed by atoms with van der Waals surface area (Å²) in [6, 6.07) is 0. The Morgan fingerprint density at radius 2 is 1.94 bits per heavy atom. The van der Waals surface area contributed by atoms with Crippen molar-refractivity contribution in [3.8, 4) is 0 Å². The Balaban J connectivity index is 2.51. The molecule has 0 bridgehead atoms. The molecule has 0 aliphatic carbocycles. The van der Waals surface area contributed by atoms with E-state index in [0.717, 1.165) is 45.2 Å². The van der Waals surface area contributed by atoms with Gasteiger partial charge in [0, 0.05) is 24.9 Å². The lowest BCUT2D eigenvalue weighted by molar-refractivity contribution is -0.135. The Bertz CT molecular complexity index is 234. The van der Waals surface area contributed by atoms with Crippen LogP contribution in [-0.2, 0) is 4.79 Å². The molecule has 0 spiro atoms. The second-order valence-corrected chi connectivity index (χ2v) is 5.35. The van der Waals surface area contributed by atoms with E-state index in [9.17, 15) is 9.90 Å². The van der Waals surface area contributed by atoms with E-state index in [2.05, 4.69) is 13.8 Å². The molecular formula is C14H27NO2. The molecule has 2 atom stereocenters. The van der Waals surface area contributed by atoms with Gasteiger partial charge in [-0.25, -0.2) is 0 Å². The summed E-state index contributed by atoms with van der Waals surface area (Å²) >= 11 is 0. The molecule has 1 heterocycles. The van der Waals surface area contributed by atoms with E-state index in [1.807, 2.05) is 11.8 Å². The zero-order valence-electron chi connectivity index (χ0n) is 11.5. The summed E-state index contributed by atoms with van der Waals surface area (Å²) in [5, 5.41) is 9.56. The van der Waals surface area contributed by atoms with Gasteiger partial charge in [-0.3, -0.25) is 4.79 Å². The predicted molar refractivity (Wildman–Crippen MR) is 69.7 cm³/mol. The molecule has 0 aromatic rings. The van der Waals surface area contributed by atoms with Crippen molar-refractivity contribution in [2.45, 2.75) is 59.0 Å². The number of amides is 1. The molecule has 1 N–H and O–H groups in total. The van der Waals surface area contributed by atoms with E-state index in [4.69, 9.17) is 0 Å². The maximum atomic E-state index is 12.3. The number of likely N-dealkylation sites (tertiary alicyclic amines) is 1. The van der Waals surface area contributed by atoms with Gasteiger partial charge in [-0.05, 0) is 26.2 Å². The number of carbonyl (C=O) groups is 1. The van der Waals surface area contributed by atoms with Crippen LogP contribution < -0.4 is 0 Å². The van der Waals surface area contributed by atoms with Crippen LogP contribution in [0.1, 0.15) is 52.9 Å². The highest BCUT2D eigenvalue weighted by Gasteiger charge is 2.31. The van der Waals surface area contributed by atoms with E-state index in [1.54, 1.807) is 0 Å². The van der Waals surface area contributed by atoms with Gasteiger partial charge in [0.15, 0.2) is 0 Å². The fourth-order valence-corrected chi connectivity index (χ4v) is 2.73. The Morgan fingerprint density at radius 3 is 2.35 bits per heavy atom. The van der Waals surface area contributed by atoms with E-state index >= 15 is 0 Å². The number of rotatable bonds is 6. The van der Waals surface area contributed by atoms with Gasteiger partial charge in [0.05, 0.1) is 6.10 Å². The number of hydrogen-bond acceptors (Lipinski definition) is 2. The molecular weight excluding hydrogens is 214 g/mol. The fourth-order valence-electron chi connectivity index (χ4n) is 2.73. The summed E-state index contributed by atoms with van der Waals surface area (Å²) in [6.45, 7) is 7.68. The molecule has 100 valence electrons.